The van der Waals surface area contributed by atoms with Crippen LogP contribution in [0.5, 0.6) is 0 Å². The van der Waals surface area contributed by atoms with Gasteiger partial charge in [-0.3, -0.25) is 4.90 Å². The van der Waals surface area contributed by atoms with Gasteiger partial charge in [-0.15, -0.1) is 0 Å². The Morgan fingerprint density at radius 1 is 1.30 bits per heavy atom. The van der Waals surface area contributed by atoms with E-state index in [1.54, 1.807) is 0 Å². The summed E-state index contributed by atoms with van der Waals surface area (Å²) in [5.74, 6) is 0. The summed E-state index contributed by atoms with van der Waals surface area (Å²) in [7, 11) is 4.28. The Bertz CT molecular complexity index is 469. The van der Waals surface area contributed by atoms with Gasteiger partial charge in [0, 0.05) is 18.1 Å². The number of benzene rings is 1. The van der Waals surface area contributed by atoms with Crippen molar-refractivity contribution in [2.45, 2.75) is 50.7 Å². The smallest absolute Gasteiger partial charge is 0.0991 e. The molecule has 20 heavy (non-hydrogen) atoms. The van der Waals surface area contributed by atoms with E-state index in [1.807, 2.05) is 18.2 Å². The number of hydrogen-bond donors (Lipinski definition) is 1. The van der Waals surface area contributed by atoms with Crippen molar-refractivity contribution in [3.8, 4) is 6.07 Å². The maximum atomic E-state index is 9.02. The van der Waals surface area contributed by atoms with Gasteiger partial charge in [0.1, 0.15) is 0 Å². The third-order valence-corrected chi connectivity index (χ3v) is 4.79. The fourth-order valence-corrected chi connectivity index (χ4v) is 3.19. The van der Waals surface area contributed by atoms with Crippen LogP contribution in [0.3, 0.4) is 0 Å². The van der Waals surface area contributed by atoms with Crippen molar-refractivity contribution in [3.05, 3.63) is 35.4 Å². The lowest BCUT2D eigenvalue weighted by molar-refractivity contribution is 0.136. The average molecular weight is 271 g/mol. The molecule has 1 N–H and O–H groups in total. The first kappa shape index (κ1) is 15.0. The van der Waals surface area contributed by atoms with E-state index in [9.17, 15) is 0 Å². The Labute approximate surface area is 122 Å². The van der Waals surface area contributed by atoms with Crippen molar-refractivity contribution in [2.24, 2.45) is 0 Å². The van der Waals surface area contributed by atoms with Crippen molar-refractivity contribution in [1.82, 2.24) is 10.2 Å². The molecule has 1 unspecified atom stereocenters. The highest BCUT2D eigenvalue weighted by Gasteiger charge is 2.26. The second-order valence-electron chi connectivity index (χ2n) is 5.87. The summed E-state index contributed by atoms with van der Waals surface area (Å²) in [4.78, 5) is 2.47. The van der Waals surface area contributed by atoms with Crippen LogP contribution in [-0.4, -0.2) is 31.1 Å². The summed E-state index contributed by atoms with van der Waals surface area (Å²) < 4.78 is 0. The lowest BCUT2D eigenvalue weighted by atomic mass is 9.89. The summed E-state index contributed by atoms with van der Waals surface area (Å²) >= 11 is 0. The molecule has 2 rings (SSSR count). The van der Waals surface area contributed by atoms with E-state index in [0.717, 1.165) is 5.56 Å². The average Bonchev–Trinajstić information content (AvgIpc) is 2.53. The number of nitrogens with zero attached hydrogens (tertiary/aromatic N) is 2. The number of nitriles is 1. The van der Waals surface area contributed by atoms with Gasteiger partial charge in [-0.2, -0.15) is 5.26 Å². The molecule has 0 aliphatic heterocycles. The van der Waals surface area contributed by atoms with Crippen molar-refractivity contribution in [3.63, 3.8) is 0 Å². The Balaban J connectivity index is 2.01. The minimum atomic E-state index is 0.361. The fourth-order valence-electron chi connectivity index (χ4n) is 3.19. The third-order valence-electron chi connectivity index (χ3n) is 4.79. The van der Waals surface area contributed by atoms with Crippen LogP contribution in [0.4, 0.5) is 0 Å². The van der Waals surface area contributed by atoms with E-state index in [-0.39, 0.29) is 0 Å². The van der Waals surface area contributed by atoms with Gasteiger partial charge in [-0.25, -0.2) is 0 Å². The molecule has 3 nitrogen and oxygen atoms in total. The zero-order valence-corrected chi connectivity index (χ0v) is 12.8. The predicted molar refractivity (Wildman–Crippen MR) is 82.4 cm³/mol. The largest absolute Gasteiger partial charge is 0.317 e. The molecule has 3 heteroatoms. The van der Waals surface area contributed by atoms with Crippen LogP contribution < -0.4 is 5.32 Å². The molecule has 0 amide bonds. The Kier molecular flexibility index (Phi) is 5.17. The Morgan fingerprint density at radius 2 is 2.00 bits per heavy atom. The van der Waals surface area contributed by atoms with Crippen LogP contribution in [0.15, 0.2) is 24.3 Å². The fraction of sp³-hybridized carbons (Fsp3) is 0.588. The topological polar surface area (TPSA) is 39.1 Å². The predicted octanol–water partition coefficient (Wildman–Crippen LogP) is 3.08. The minimum Gasteiger partial charge on any atom is -0.317 e. The normalized spacial score (nSPS) is 24.4. The first-order chi connectivity index (χ1) is 9.65. The first-order valence-electron chi connectivity index (χ1n) is 7.55. The molecule has 1 fully saturated rings. The summed E-state index contributed by atoms with van der Waals surface area (Å²) in [6.45, 7) is 2.24. The molecular formula is C17H25N3. The van der Waals surface area contributed by atoms with Gasteiger partial charge in [-0.1, -0.05) is 12.1 Å². The lowest BCUT2D eigenvalue weighted by Gasteiger charge is -2.38. The summed E-state index contributed by atoms with van der Waals surface area (Å²) in [5, 5.41) is 12.4. The molecule has 1 aliphatic rings. The minimum absolute atomic E-state index is 0.361. The lowest BCUT2D eigenvalue weighted by Crippen LogP contribution is -2.40. The maximum absolute atomic E-state index is 9.02. The van der Waals surface area contributed by atoms with Crippen LogP contribution in [0.25, 0.3) is 0 Å². The Morgan fingerprint density at radius 3 is 2.60 bits per heavy atom. The molecule has 1 aliphatic carbocycles. The molecule has 0 spiro atoms. The van der Waals surface area contributed by atoms with Gasteiger partial charge in [0.2, 0.25) is 0 Å². The van der Waals surface area contributed by atoms with Gasteiger partial charge in [0.15, 0.2) is 0 Å². The molecule has 0 saturated heterocycles. The number of hydrogen-bond acceptors (Lipinski definition) is 3. The van der Waals surface area contributed by atoms with Gasteiger partial charge < -0.3 is 5.32 Å². The molecule has 1 atom stereocenters. The first-order valence-corrected chi connectivity index (χ1v) is 7.55. The third kappa shape index (κ3) is 3.39. The van der Waals surface area contributed by atoms with Gasteiger partial charge in [-0.05, 0) is 64.4 Å². The van der Waals surface area contributed by atoms with Crippen LogP contribution in [0, 0.1) is 11.3 Å². The molecular weight excluding hydrogens is 246 g/mol. The highest BCUT2D eigenvalue weighted by molar-refractivity contribution is 5.34. The van der Waals surface area contributed by atoms with E-state index in [0.29, 0.717) is 18.1 Å². The van der Waals surface area contributed by atoms with Crippen LogP contribution >= 0.6 is 0 Å². The standard InChI is InChI=1S/C17H25N3/c1-13(15-6-4-5-14(11-15)12-18)20(3)17-9-7-16(19-2)8-10-17/h4-6,11,13,16-17,19H,7-10H2,1-3H3. The summed E-state index contributed by atoms with van der Waals surface area (Å²) in [6.07, 6.45) is 5.03. The SMILES string of the molecule is CNC1CCC(N(C)C(C)c2cccc(C#N)c2)CC1. The van der Waals surface area contributed by atoms with Gasteiger partial charge in [0.05, 0.1) is 11.6 Å². The summed E-state index contributed by atoms with van der Waals surface area (Å²) in [6, 6.07) is 11.9. The highest BCUT2D eigenvalue weighted by atomic mass is 15.2. The van der Waals surface area contributed by atoms with Crippen LogP contribution in [0.1, 0.15) is 49.8 Å². The number of nitrogens with one attached hydrogen (secondary N) is 1. The van der Waals surface area contributed by atoms with E-state index < -0.39 is 0 Å². The van der Waals surface area contributed by atoms with Crippen LogP contribution in [-0.2, 0) is 0 Å². The molecule has 0 radical (unpaired) electrons. The molecule has 108 valence electrons. The summed E-state index contributed by atoms with van der Waals surface area (Å²) in [5.41, 5.74) is 1.99. The van der Waals surface area contributed by atoms with E-state index in [2.05, 4.69) is 43.4 Å². The molecule has 0 bridgehead atoms. The van der Waals surface area contributed by atoms with E-state index in [4.69, 9.17) is 5.26 Å². The van der Waals surface area contributed by atoms with Crippen molar-refractivity contribution >= 4 is 0 Å². The van der Waals surface area contributed by atoms with Crippen molar-refractivity contribution in [1.29, 1.82) is 5.26 Å². The monoisotopic (exact) mass is 271 g/mol. The zero-order valence-electron chi connectivity index (χ0n) is 12.8. The quantitative estimate of drug-likeness (QED) is 0.914. The molecule has 1 aromatic rings. The molecule has 0 aromatic heterocycles. The van der Waals surface area contributed by atoms with Crippen LogP contribution in [0.2, 0.25) is 0 Å². The zero-order chi connectivity index (χ0) is 14.5. The van der Waals surface area contributed by atoms with Crippen molar-refractivity contribution in [2.75, 3.05) is 14.1 Å². The molecule has 1 aromatic carbocycles. The second-order valence-corrected chi connectivity index (χ2v) is 5.87. The maximum Gasteiger partial charge on any atom is 0.0991 e. The number of rotatable bonds is 4. The van der Waals surface area contributed by atoms with Gasteiger partial charge in [0.25, 0.3) is 0 Å². The molecule has 1 saturated carbocycles. The molecule has 0 heterocycles. The van der Waals surface area contributed by atoms with E-state index >= 15 is 0 Å². The second kappa shape index (κ2) is 6.88. The Hall–Kier alpha value is -1.37. The highest BCUT2D eigenvalue weighted by Crippen LogP contribution is 2.29. The van der Waals surface area contributed by atoms with Gasteiger partial charge >= 0.3 is 0 Å². The van der Waals surface area contributed by atoms with Crippen molar-refractivity contribution < 1.29 is 0 Å². The van der Waals surface area contributed by atoms with E-state index in [1.165, 1.54) is 31.2 Å².